The van der Waals surface area contributed by atoms with E-state index in [0.717, 1.165) is 27.9 Å². The van der Waals surface area contributed by atoms with Crippen LogP contribution in [-0.4, -0.2) is 42.5 Å². The van der Waals surface area contributed by atoms with Crippen molar-refractivity contribution in [3.63, 3.8) is 0 Å². The number of carbonyl (C=O) groups excluding carboxylic acids is 1. The first-order valence-corrected chi connectivity index (χ1v) is 10.9. The Kier molecular flexibility index (Phi) is 6.15. The van der Waals surface area contributed by atoms with Crippen molar-refractivity contribution in [3.8, 4) is 16.9 Å². The Morgan fingerprint density at radius 3 is 2.32 bits per heavy atom. The second kappa shape index (κ2) is 8.84. The zero-order valence-electron chi connectivity index (χ0n) is 15.7. The first-order chi connectivity index (χ1) is 14.8. The first-order valence-electron chi connectivity index (χ1n) is 8.90. The fourth-order valence-corrected chi connectivity index (χ4v) is 4.46. The van der Waals surface area contributed by atoms with Crippen molar-refractivity contribution < 1.29 is 14.7 Å². The van der Waals surface area contributed by atoms with E-state index in [1.54, 1.807) is 41.2 Å². The molecule has 1 saturated heterocycles. The summed E-state index contributed by atoms with van der Waals surface area (Å²) in [6.07, 6.45) is 3.46. The van der Waals surface area contributed by atoms with Crippen molar-refractivity contribution in [2.45, 2.75) is 0 Å². The summed E-state index contributed by atoms with van der Waals surface area (Å²) in [5.74, 6) is -1.58. The normalized spacial score (nSPS) is 15.2. The van der Waals surface area contributed by atoms with Gasteiger partial charge in [-0.15, -0.1) is 0 Å². The van der Waals surface area contributed by atoms with Crippen molar-refractivity contribution in [1.82, 2.24) is 14.7 Å². The van der Waals surface area contributed by atoms with Crippen LogP contribution in [0.15, 0.2) is 59.6 Å². The largest absolute Gasteiger partial charge is 0.480 e. The molecule has 1 aromatic heterocycles. The third kappa shape index (κ3) is 4.67. The smallest absolute Gasteiger partial charge is 0.323 e. The minimum Gasteiger partial charge on any atom is -0.480 e. The van der Waals surface area contributed by atoms with Crippen LogP contribution >= 0.6 is 47.2 Å². The Morgan fingerprint density at radius 1 is 1.10 bits per heavy atom. The number of thioether (sulfide) groups is 1. The summed E-state index contributed by atoms with van der Waals surface area (Å²) in [6, 6.07) is 14.4. The van der Waals surface area contributed by atoms with Gasteiger partial charge in [0.15, 0.2) is 0 Å². The SMILES string of the molecule is O=C(O)CN1C(=O)C(=Cc2cn(-c3ccc(Cl)cc3)nc2-c2ccc(Cl)cc2)SC1=S. The summed E-state index contributed by atoms with van der Waals surface area (Å²) >= 11 is 18.2. The molecule has 0 aliphatic carbocycles. The van der Waals surface area contributed by atoms with Crippen molar-refractivity contribution in [3.05, 3.63) is 75.2 Å². The standard InChI is InChI=1S/C21H13Cl2N3O3S2/c22-14-3-1-12(2-4-14)19-13(10-26(24-19)16-7-5-15(23)6-8-16)9-17-20(29)25(11-18(27)28)21(30)31-17/h1-10H,11H2,(H,27,28). The molecule has 0 spiro atoms. The summed E-state index contributed by atoms with van der Waals surface area (Å²) in [5, 5.41) is 14.9. The molecule has 3 aromatic rings. The molecule has 0 radical (unpaired) electrons. The highest BCUT2D eigenvalue weighted by molar-refractivity contribution is 8.26. The van der Waals surface area contributed by atoms with Crippen LogP contribution in [0.25, 0.3) is 23.0 Å². The number of aliphatic carboxylic acids is 1. The van der Waals surface area contributed by atoms with E-state index in [0.29, 0.717) is 26.2 Å². The zero-order chi connectivity index (χ0) is 22.1. The van der Waals surface area contributed by atoms with Crippen molar-refractivity contribution in [2.75, 3.05) is 6.54 Å². The lowest BCUT2D eigenvalue weighted by molar-refractivity contribution is -0.140. The van der Waals surface area contributed by atoms with Gasteiger partial charge in [-0.1, -0.05) is 59.3 Å². The minimum absolute atomic E-state index is 0.205. The van der Waals surface area contributed by atoms with Crippen LogP contribution in [0, 0.1) is 0 Å². The molecule has 2 heterocycles. The lowest BCUT2D eigenvalue weighted by Crippen LogP contribution is -2.33. The molecule has 0 unspecified atom stereocenters. The van der Waals surface area contributed by atoms with Crippen molar-refractivity contribution in [2.24, 2.45) is 0 Å². The van der Waals surface area contributed by atoms with Gasteiger partial charge in [0, 0.05) is 27.4 Å². The molecule has 0 bridgehead atoms. The number of nitrogens with zero attached hydrogens (tertiary/aromatic N) is 3. The van der Waals surface area contributed by atoms with Gasteiger partial charge in [-0.05, 0) is 42.5 Å². The molecular weight excluding hydrogens is 477 g/mol. The van der Waals surface area contributed by atoms with E-state index in [1.807, 2.05) is 24.3 Å². The van der Waals surface area contributed by atoms with Crippen LogP contribution in [0.1, 0.15) is 5.56 Å². The second-order valence-corrected chi connectivity index (χ2v) is 9.07. The second-order valence-electron chi connectivity index (χ2n) is 6.52. The van der Waals surface area contributed by atoms with E-state index in [9.17, 15) is 9.59 Å². The highest BCUT2D eigenvalue weighted by atomic mass is 35.5. The number of aromatic nitrogens is 2. The van der Waals surface area contributed by atoms with Gasteiger partial charge in [-0.2, -0.15) is 5.10 Å². The lowest BCUT2D eigenvalue weighted by atomic mass is 10.1. The monoisotopic (exact) mass is 489 g/mol. The fraction of sp³-hybridized carbons (Fsp3) is 0.0476. The Morgan fingerprint density at radius 2 is 1.71 bits per heavy atom. The average Bonchev–Trinajstić information content (AvgIpc) is 3.26. The van der Waals surface area contributed by atoms with Gasteiger partial charge in [0.25, 0.3) is 5.91 Å². The number of rotatable bonds is 5. The third-order valence-corrected chi connectivity index (χ3v) is 6.29. The van der Waals surface area contributed by atoms with Gasteiger partial charge >= 0.3 is 5.97 Å². The predicted molar refractivity (Wildman–Crippen MR) is 127 cm³/mol. The Balaban J connectivity index is 1.79. The molecular formula is C21H13Cl2N3O3S2. The first kappa shape index (κ1) is 21.6. The number of thiocarbonyl (C=S) groups is 1. The summed E-state index contributed by atoms with van der Waals surface area (Å²) in [7, 11) is 0. The molecule has 1 N–H and O–H groups in total. The number of carboxylic acids is 1. The summed E-state index contributed by atoms with van der Waals surface area (Å²) in [4.78, 5) is 25.1. The summed E-state index contributed by atoms with van der Waals surface area (Å²) < 4.78 is 1.89. The summed E-state index contributed by atoms with van der Waals surface area (Å²) in [5.41, 5.74) is 2.91. The van der Waals surface area contributed by atoms with Gasteiger partial charge in [-0.3, -0.25) is 14.5 Å². The van der Waals surface area contributed by atoms with Crippen molar-refractivity contribution in [1.29, 1.82) is 0 Å². The minimum atomic E-state index is -1.13. The maximum absolute atomic E-state index is 12.7. The molecule has 1 aliphatic heterocycles. The zero-order valence-corrected chi connectivity index (χ0v) is 18.8. The number of hydrogen-bond donors (Lipinski definition) is 1. The number of amides is 1. The molecule has 156 valence electrons. The van der Waals surface area contributed by atoms with Crippen LogP contribution in [0.3, 0.4) is 0 Å². The number of benzene rings is 2. The van der Waals surface area contributed by atoms with Gasteiger partial charge in [0.1, 0.15) is 10.9 Å². The molecule has 2 aromatic carbocycles. The Labute approximate surface area is 197 Å². The van der Waals surface area contributed by atoms with Gasteiger partial charge in [0.2, 0.25) is 0 Å². The molecule has 1 fully saturated rings. The number of hydrogen-bond acceptors (Lipinski definition) is 5. The maximum Gasteiger partial charge on any atom is 0.323 e. The summed E-state index contributed by atoms with van der Waals surface area (Å²) in [6.45, 7) is -0.476. The highest BCUT2D eigenvalue weighted by Crippen LogP contribution is 2.35. The van der Waals surface area contributed by atoms with Crippen LogP contribution in [0.5, 0.6) is 0 Å². The molecule has 0 atom stereocenters. The van der Waals surface area contributed by atoms with E-state index in [4.69, 9.17) is 40.5 Å². The predicted octanol–water partition coefficient (Wildman–Crippen LogP) is 5.13. The topological polar surface area (TPSA) is 75.4 Å². The van der Waals surface area contributed by atoms with Crippen LogP contribution < -0.4 is 0 Å². The third-order valence-electron chi connectivity index (χ3n) is 4.40. The molecule has 31 heavy (non-hydrogen) atoms. The number of carbonyl (C=O) groups is 2. The fourth-order valence-electron chi connectivity index (χ4n) is 2.96. The van der Waals surface area contributed by atoms with Gasteiger partial charge < -0.3 is 5.11 Å². The Bertz CT molecular complexity index is 1220. The van der Waals surface area contributed by atoms with Gasteiger partial charge in [0.05, 0.1) is 16.3 Å². The van der Waals surface area contributed by atoms with Crippen LogP contribution in [-0.2, 0) is 9.59 Å². The van der Waals surface area contributed by atoms with E-state index in [1.165, 1.54) is 0 Å². The Hall–Kier alpha value is -2.65. The van der Waals surface area contributed by atoms with Crippen LogP contribution in [0.2, 0.25) is 10.0 Å². The van der Waals surface area contributed by atoms with E-state index >= 15 is 0 Å². The maximum atomic E-state index is 12.7. The van der Waals surface area contributed by atoms with Crippen LogP contribution in [0.4, 0.5) is 0 Å². The quantitative estimate of drug-likeness (QED) is 0.395. The molecule has 1 amide bonds. The number of halogens is 2. The van der Waals surface area contributed by atoms with E-state index < -0.39 is 18.4 Å². The number of carboxylic acid groups (broad SMARTS) is 1. The molecule has 4 rings (SSSR count). The molecule has 0 saturated carbocycles. The highest BCUT2D eigenvalue weighted by Gasteiger charge is 2.33. The van der Waals surface area contributed by atoms with Gasteiger partial charge in [-0.25, -0.2) is 4.68 Å². The molecule has 10 heteroatoms. The lowest BCUT2D eigenvalue weighted by Gasteiger charge is -2.10. The van der Waals surface area contributed by atoms with E-state index in [-0.39, 0.29) is 4.32 Å². The molecule has 6 nitrogen and oxygen atoms in total. The van der Waals surface area contributed by atoms with Crippen molar-refractivity contribution >= 4 is 69.5 Å². The van der Waals surface area contributed by atoms with E-state index in [2.05, 4.69) is 5.10 Å². The average molecular weight is 490 g/mol. The molecule has 1 aliphatic rings.